The summed E-state index contributed by atoms with van der Waals surface area (Å²) in [7, 11) is 3.12. The van der Waals surface area contributed by atoms with Gasteiger partial charge in [-0.25, -0.2) is 4.99 Å². The van der Waals surface area contributed by atoms with Gasteiger partial charge in [0.15, 0.2) is 15.7 Å². The number of ether oxygens (including phenoxy) is 2. The highest BCUT2D eigenvalue weighted by Crippen LogP contribution is 2.86. The number of benzene rings is 1. The number of methoxy groups -OCH3 is 2. The third-order valence-electron chi connectivity index (χ3n) is 5.35. The summed E-state index contributed by atoms with van der Waals surface area (Å²) in [5.41, 5.74) is 4.87. The minimum Gasteiger partial charge on any atom is -0.493 e. The van der Waals surface area contributed by atoms with Crippen molar-refractivity contribution in [3.63, 3.8) is 0 Å². The molecule has 8 heteroatoms. The lowest BCUT2D eigenvalue weighted by Crippen LogP contribution is -2.31. The van der Waals surface area contributed by atoms with Crippen LogP contribution in [0.25, 0.3) is 0 Å². The number of hydrogen-bond donors (Lipinski definition) is 1. The van der Waals surface area contributed by atoms with Crippen LogP contribution in [-0.2, 0) is 0 Å². The zero-order valence-corrected chi connectivity index (χ0v) is 17.4. The van der Waals surface area contributed by atoms with Gasteiger partial charge in [-0.05, 0) is 17.6 Å². The Morgan fingerprint density at radius 3 is 2.30 bits per heavy atom. The highest BCUT2D eigenvalue weighted by molar-refractivity contribution is 8.18. The van der Waals surface area contributed by atoms with Gasteiger partial charge in [0.05, 0.1) is 26.4 Å². The van der Waals surface area contributed by atoms with E-state index in [9.17, 15) is 10.5 Å². The first-order valence-electron chi connectivity index (χ1n) is 8.67. The molecular formula is C19H22N4O2S2. The summed E-state index contributed by atoms with van der Waals surface area (Å²) in [6, 6.07) is 10.4. The zero-order chi connectivity index (χ0) is 19.9. The maximum absolute atomic E-state index is 10.4. The van der Waals surface area contributed by atoms with Crippen molar-refractivity contribution in [1.29, 1.82) is 10.5 Å². The van der Waals surface area contributed by atoms with Crippen LogP contribution >= 0.6 is 23.5 Å². The first-order chi connectivity index (χ1) is 13.0. The fourth-order valence-corrected chi connectivity index (χ4v) is 7.61. The van der Waals surface area contributed by atoms with Crippen LogP contribution in [0, 0.1) is 33.5 Å². The van der Waals surface area contributed by atoms with Crippen LogP contribution in [0.2, 0.25) is 0 Å². The number of amidine groups is 1. The van der Waals surface area contributed by atoms with Crippen LogP contribution in [0.4, 0.5) is 0 Å². The van der Waals surface area contributed by atoms with Gasteiger partial charge < -0.3 is 15.2 Å². The molecule has 1 aromatic carbocycles. The number of nitriles is 2. The molecule has 0 bridgehead atoms. The molecule has 3 rings (SSSR count). The Balaban J connectivity index is 2.28. The predicted molar refractivity (Wildman–Crippen MR) is 109 cm³/mol. The Kier molecular flexibility index (Phi) is 5.00. The largest absolute Gasteiger partial charge is 0.493 e. The van der Waals surface area contributed by atoms with E-state index >= 15 is 0 Å². The second-order valence-corrected chi connectivity index (χ2v) is 9.47. The van der Waals surface area contributed by atoms with E-state index in [1.54, 1.807) is 43.8 Å². The van der Waals surface area contributed by atoms with E-state index in [0.717, 1.165) is 17.1 Å². The van der Waals surface area contributed by atoms with Gasteiger partial charge in [-0.3, -0.25) is 0 Å². The van der Waals surface area contributed by atoms with Gasteiger partial charge in [0, 0.05) is 11.5 Å². The molecule has 2 N–H and O–H groups in total. The van der Waals surface area contributed by atoms with Crippen molar-refractivity contribution in [3.05, 3.63) is 23.8 Å². The number of aliphatic imine (C=N–C) groups is 1. The van der Waals surface area contributed by atoms with Crippen LogP contribution in [0.15, 0.2) is 23.2 Å². The van der Waals surface area contributed by atoms with Crippen molar-refractivity contribution in [3.8, 4) is 23.6 Å². The molecule has 3 unspecified atom stereocenters. The summed E-state index contributed by atoms with van der Waals surface area (Å²) in [6.07, 6.45) is 0. The summed E-state index contributed by atoms with van der Waals surface area (Å²) >= 11 is 3.15. The summed E-state index contributed by atoms with van der Waals surface area (Å²) in [5, 5.41) is 20.5. The van der Waals surface area contributed by atoms with Gasteiger partial charge in [-0.15, -0.1) is 23.5 Å². The Morgan fingerprint density at radius 1 is 1.15 bits per heavy atom. The van der Waals surface area contributed by atoms with Crippen molar-refractivity contribution < 1.29 is 9.47 Å². The molecule has 0 aromatic heterocycles. The number of nitrogens with zero attached hydrogens (tertiary/aromatic N) is 3. The molecule has 0 spiro atoms. The number of rotatable bonds is 7. The molecule has 1 aromatic rings. The maximum Gasteiger partial charge on any atom is 0.175 e. The van der Waals surface area contributed by atoms with Gasteiger partial charge in [-0.2, -0.15) is 10.5 Å². The number of fused-ring (bicyclic) bond motifs is 1. The van der Waals surface area contributed by atoms with E-state index in [1.165, 1.54) is 0 Å². The van der Waals surface area contributed by atoms with Crippen molar-refractivity contribution >= 4 is 29.4 Å². The molecule has 2 aliphatic rings. The average Bonchev–Trinajstić information content (AvgIpc) is 3.26. The quantitative estimate of drug-likeness (QED) is 0.697. The molecule has 1 aliphatic heterocycles. The molecule has 6 nitrogen and oxygen atoms in total. The van der Waals surface area contributed by atoms with Gasteiger partial charge in [0.2, 0.25) is 0 Å². The average molecular weight is 403 g/mol. The third-order valence-corrected chi connectivity index (χ3v) is 8.25. The lowest BCUT2D eigenvalue weighted by Gasteiger charge is -2.31. The second-order valence-electron chi connectivity index (χ2n) is 6.30. The molecule has 142 valence electrons. The molecule has 1 saturated carbocycles. The normalized spacial score (nSPS) is 29.9. The molecule has 1 heterocycles. The van der Waals surface area contributed by atoms with Crippen molar-refractivity contribution in [2.45, 2.75) is 24.0 Å². The highest BCUT2D eigenvalue weighted by atomic mass is 32.2. The van der Waals surface area contributed by atoms with Crippen LogP contribution in [-0.4, -0.2) is 35.8 Å². The molecule has 3 atom stereocenters. The number of thioether (sulfide) groups is 2. The lowest BCUT2D eigenvalue weighted by atomic mass is 9.97. The second kappa shape index (κ2) is 6.85. The minimum absolute atomic E-state index is 0.239. The van der Waals surface area contributed by atoms with Gasteiger partial charge in [0.1, 0.15) is 16.7 Å². The Labute approximate surface area is 168 Å². The summed E-state index contributed by atoms with van der Waals surface area (Å²) in [4.78, 5) is 4.69. The van der Waals surface area contributed by atoms with Crippen molar-refractivity contribution in [2.24, 2.45) is 21.6 Å². The SMILES string of the molecule is CCSC1(SCC)N=C(N)C2(C#N)C(c3cccc(OC)c3OC)C12C#N. The Bertz CT molecular complexity index is 869. The Morgan fingerprint density at radius 2 is 1.81 bits per heavy atom. The molecule has 0 radical (unpaired) electrons. The summed E-state index contributed by atoms with van der Waals surface area (Å²) in [6.45, 7) is 4.05. The fraction of sp³-hybridized carbons (Fsp3) is 0.526. The summed E-state index contributed by atoms with van der Waals surface area (Å²) < 4.78 is 10.2. The van der Waals surface area contributed by atoms with E-state index < -0.39 is 21.0 Å². The van der Waals surface area contributed by atoms with Crippen LogP contribution in [0.5, 0.6) is 11.5 Å². The summed E-state index contributed by atoms with van der Waals surface area (Å²) in [5.74, 6) is 2.43. The predicted octanol–water partition coefficient (Wildman–Crippen LogP) is 3.35. The number of para-hydroxylation sites is 1. The highest BCUT2D eigenvalue weighted by Gasteiger charge is 2.92. The smallest absolute Gasteiger partial charge is 0.175 e. The third kappa shape index (κ3) is 2.17. The molecule has 0 saturated heterocycles. The maximum atomic E-state index is 10.4. The minimum atomic E-state index is -1.16. The molecule has 1 fully saturated rings. The van der Waals surface area contributed by atoms with E-state index in [0.29, 0.717) is 11.5 Å². The monoisotopic (exact) mass is 402 g/mol. The first kappa shape index (κ1) is 19.7. The van der Waals surface area contributed by atoms with Crippen molar-refractivity contribution in [1.82, 2.24) is 0 Å². The molecule has 27 heavy (non-hydrogen) atoms. The van der Waals surface area contributed by atoms with E-state index in [4.69, 9.17) is 20.2 Å². The Hall–Kier alpha value is -2.03. The van der Waals surface area contributed by atoms with Gasteiger partial charge >= 0.3 is 0 Å². The zero-order valence-electron chi connectivity index (χ0n) is 15.8. The van der Waals surface area contributed by atoms with E-state index in [-0.39, 0.29) is 5.84 Å². The van der Waals surface area contributed by atoms with Gasteiger partial charge in [-0.1, -0.05) is 26.0 Å². The lowest BCUT2D eigenvalue weighted by molar-refractivity contribution is 0.350. The van der Waals surface area contributed by atoms with Crippen LogP contribution < -0.4 is 15.2 Å². The first-order valence-corrected chi connectivity index (χ1v) is 10.6. The topological polar surface area (TPSA) is 104 Å². The molecular weight excluding hydrogens is 380 g/mol. The molecule has 0 amide bonds. The van der Waals surface area contributed by atoms with Crippen LogP contribution in [0.3, 0.4) is 0 Å². The number of nitrogens with two attached hydrogens (primary N) is 1. The molecule has 1 aliphatic carbocycles. The van der Waals surface area contributed by atoms with E-state index in [2.05, 4.69) is 12.1 Å². The van der Waals surface area contributed by atoms with Crippen LogP contribution in [0.1, 0.15) is 25.3 Å². The van der Waals surface area contributed by atoms with Crippen molar-refractivity contribution in [2.75, 3.05) is 25.7 Å². The standard InChI is InChI=1S/C19H22N4O2S2/c1-5-26-19(27-6-2)18(11-21)15(17(18,10-20)16(22)23-19)12-8-7-9-13(24-3)14(12)25-4/h7-9,15H,5-6H2,1-4H3,(H2,22,23). The van der Waals surface area contributed by atoms with Gasteiger partial charge in [0.25, 0.3) is 0 Å². The number of hydrogen-bond acceptors (Lipinski definition) is 8. The van der Waals surface area contributed by atoms with E-state index in [1.807, 2.05) is 26.0 Å². The fourth-order valence-electron chi connectivity index (χ4n) is 4.36.